The molecule has 1 N–H and O–H groups in total. The second kappa shape index (κ2) is 10.3. The van der Waals surface area contributed by atoms with Crippen molar-refractivity contribution in [3.05, 3.63) is 0 Å². The van der Waals surface area contributed by atoms with Crippen molar-refractivity contribution in [3.63, 3.8) is 0 Å². The molecule has 23 heavy (non-hydrogen) atoms. The highest BCUT2D eigenvalue weighted by molar-refractivity contribution is 5.77. The molecule has 2 aliphatic rings. The average molecular weight is 325 g/mol. The third-order valence-corrected chi connectivity index (χ3v) is 5.25. The first-order chi connectivity index (χ1) is 11.2. The van der Waals surface area contributed by atoms with Gasteiger partial charge in [-0.15, -0.1) is 0 Å². The van der Waals surface area contributed by atoms with E-state index in [9.17, 15) is 4.79 Å². The van der Waals surface area contributed by atoms with E-state index in [2.05, 4.69) is 22.0 Å². The zero-order chi connectivity index (χ0) is 16.5. The van der Waals surface area contributed by atoms with Gasteiger partial charge >= 0.3 is 0 Å². The number of carbonyl (C=O) groups is 1. The van der Waals surface area contributed by atoms with Gasteiger partial charge in [0.2, 0.25) is 5.91 Å². The van der Waals surface area contributed by atoms with E-state index in [-0.39, 0.29) is 5.91 Å². The highest BCUT2D eigenvalue weighted by Crippen LogP contribution is 2.22. The fourth-order valence-electron chi connectivity index (χ4n) is 3.91. The van der Waals surface area contributed by atoms with Crippen molar-refractivity contribution in [2.24, 2.45) is 5.92 Å². The molecule has 0 aromatic heterocycles. The number of methoxy groups -OCH3 is 1. The van der Waals surface area contributed by atoms with Crippen molar-refractivity contribution >= 4 is 5.91 Å². The third-order valence-electron chi connectivity index (χ3n) is 5.25. The molecular formula is C18H35N3O2. The van der Waals surface area contributed by atoms with Crippen molar-refractivity contribution in [2.45, 2.75) is 51.5 Å². The van der Waals surface area contributed by atoms with Crippen LogP contribution in [0.25, 0.3) is 0 Å². The van der Waals surface area contributed by atoms with E-state index in [0.29, 0.717) is 13.2 Å². The van der Waals surface area contributed by atoms with Crippen LogP contribution in [-0.4, -0.2) is 74.7 Å². The number of ether oxygens (including phenoxy) is 1. The molecule has 2 saturated heterocycles. The quantitative estimate of drug-likeness (QED) is 0.690. The van der Waals surface area contributed by atoms with Crippen LogP contribution in [0, 0.1) is 5.92 Å². The number of hydrogen-bond donors (Lipinski definition) is 1. The zero-order valence-corrected chi connectivity index (χ0v) is 15.1. The Morgan fingerprint density at radius 1 is 1.22 bits per heavy atom. The van der Waals surface area contributed by atoms with E-state index in [1.807, 2.05) is 0 Å². The molecule has 2 aliphatic heterocycles. The molecule has 2 heterocycles. The van der Waals surface area contributed by atoms with E-state index in [1.54, 1.807) is 7.11 Å². The second-order valence-electron chi connectivity index (χ2n) is 7.28. The monoisotopic (exact) mass is 325 g/mol. The lowest BCUT2D eigenvalue weighted by molar-refractivity contribution is -0.122. The Bertz CT molecular complexity index is 351. The Morgan fingerprint density at radius 3 is 2.87 bits per heavy atom. The van der Waals surface area contributed by atoms with Gasteiger partial charge in [0.05, 0.1) is 6.54 Å². The van der Waals surface area contributed by atoms with Crippen molar-refractivity contribution < 1.29 is 9.53 Å². The second-order valence-corrected chi connectivity index (χ2v) is 7.28. The number of likely N-dealkylation sites (tertiary alicyclic amines) is 2. The average Bonchev–Trinajstić information content (AvgIpc) is 2.54. The summed E-state index contributed by atoms with van der Waals surface area (Å²) in [5.74, 6) is 0.888. The maximum Gasteiger partial charge on any atom is 0.234 e. The van der Waals surface area contributed by atoms with Gasteiger partial charge in [-0.25, -0.2) is 0 Å². The summed E-state index contributed by atoms with van der Waals surface area (Å²) >= 11 is 0. The first kappa shape index (κ1) is 18.7. The lowest BCUT2D eigenvalue weighted by Crippen LogP contribution is -2.47. The van der Waals surface area contributed by atoms with Crippen LogP contribution in [0.2, 0.25) is 0 Å². The SMILES string of the molecule is COCCCNC(=O)CN1CCCC(CN2CCCCC2C)C1. The molecule has 5 nitrogen and oxygen atoms in total. The molecule has 2 rings (SSSR count). The largest absolute Gasteiger partial charge is 0.385 e. The molecule has 0 aliphatic carbocycles. The number of rotatable bonds is 8. The molecule has 2 unspecified atom stereocenters. The highest BCUT2D eigenvalue weighted by atomic mass is 16.5. The molecule has 1 amide bonds. The van der Waals surface area contributed by atoms with E-state index in [1.165, 1.54) is 45.2 Å². The molecule has 134 valence electrons. The molecule has 2 fully saturated rings. The van der Waals surface area contributed by atoms with Gasteiger partial charge in [0.25, 0.3) is 0 Å². The molecule has 2 atom stereocenters. The summed E-state index contributed by atoms with van der Waals surface area (Å²) < 4.78 is 5.00. The molecule has 0 bridgehead atoms. The maximum atomic E-state index is 12.0. The van der Waals surface area contributed by atoms with Gasteiger partial charge < -0.3 is 15.0 Å². The number of nitrogens with zero attached hydrogens (tertiary/aromatic N) is 2. The maximum absolute atomic E-state index is 12.0. The van der Waals surface area contributed by atoms with Crippen LogP contribution in [0.1, 0.15) is 45.4 Å². The van der Waals surface area contributed by atoms with Gasteiger partial charge in [-0.1, -0.05) is 6.42 Å². The number of carbonyl (C=O) groups excluding carboxylic acids is 1. The van der Waals surface area contributed by atoms with Gasteiger partial charge in [-0.2, -0.15) is 0 Å². The van der Waals surface area contributed by atoms with E-state index < -0.39 is 0 Å². The van der Waals surface area contributed by atoms with Gasteiger partial charge in [0, 0.05) is 39.4 Å². The van der Waals surface area contributed by atoms with Crippen molar-refractivity contribution in [3.8, 4) is 0 Å². The van der Waals surface area contributed by atoms with Crippen molar-refractivity contribution in [1.29, 1.82) is 0 Å². The fraction of sp³-hybridized carbons (Fsp3) is 0.944. The van der Waals surface area contributed by atoms with Crippen LogP contribution in [0.3, 0.4) is 0 Å². The Morgan fingerprint density at radius 2 is 2.09 bits per heavy atom. The van der Waals surface area contributed by atoms with Gasteiger partial charge in [0.15, 0.2) is 0 Å². The predicted molar refractivity (Wildman–Crippen MR) is 93.6 cm³/mol. The number of piperidine rings is 2. The normalized spacial score (nSPS) is 27.0. The molecule has 0 aromatic rings. The smallest absolute Gasteiger partial charge is 0.234 e. The molecule has 0 spiro atoms. The van der Waals surface area contributed by atoms with Crippen LogP contribution in [0.15, 0.2) is 0 Å². The van der Waals surface area contributed by atoms with Crippen LogP contribution >= 0.6 is 0 Å². The van der Waals surface area contributed by atoms with Gasteiger partial charge in [-0.05, 0) is 58.0 Å². The standard InChI is InChI=1S/C18H35N3O2/c1-16-7-3-4-11-21(16)14-17-8-5-10-20(13-17)15-18(22)19-9-6-12-23-2/h16-17H,3-15H2,1-2H3,(H,19,22). The third kappa shape index (κ3) is 6.77. The minimum atomic E-state index is 0.160. The minimum absolute atomic E-state index is 0.160. The zero-order valence-electron chi connectivity index (χ0n) is 15.1. The summed E-state index contributed by atoms with van der Waals surface area (Å²) in [6.45, 7) is 8.97. The summed E-state index contributed by atoms with van der Waals surface area (Å²) in [5, 5.41) is 3.00. The van der Waals surface area contributed by atoms with Crippen molar-refractivity contribution in [2.75, 3.05) is 53.0 Å². The molecule has 0 aromatic carbocycles. The van der Waals surface area contributed by atoms with Gasteiger partial charge in [0.1, 0.15) is 0 Å². The summed E-state index contributed by atoms with van der Waals surface area (Å²) in [7, 11) is 1.69. The fourth-order valence-corrected chi connectivity index (χ4v) is 3.91. The van der Waals surface area contributed by atoms with E-state index in [4.69, 9.17) is 4.74 Å². The minimum Gasteiger partial charge on any atom is -0.385 e. The molecule has 0 saturated carbocycles. The molecular weight excluding hydrogens is 290 g/mol. The Labute approximate surface area is 141 Å². The van der Waals surface area contributed by atoms with E-state index >= 15 is 0 Å². The summed E-state index contributed by atoms with van der Waals surface area (Å²) in [4.78, 5) is 17.0. The summed E-state index contributed by atoms with van der Waals surface area (Å²) in [5.41, 5.74) is 0. The summed E-state index contributed by atoms with van der Waals surface area (Å²) in [6, 6.07) is 0.739. The molecule has 5 heteroatoms. The lowest BCUT2D eigenvalue weighted by atomic mass is 9.95. The number of nitrogens with one attached hydrogen (secondary N) is 1. The van der Waals surface area contributed by atoms with Crippen LogP contribution in [0.5, 0.6) is 0 Å². The first-order valence-electron chi connectivity index (χ1n) is 9.41. The Balaban J connectivity index is 1.67. The Hall–Kier alpha value is -0.650. The lowest BCUT2D eigenvalue weighted by Gasteiger charge is -2.39. The topological polar surface area (TPSA) is 44.8 Å². The number of amides is 1. The Kier molecular flexibility index (Phi) is 8.34. The van der Waals surface area contributed by atoms with Crippen LogP contribution in [0.4, 0.5) is 0 Å². The van der Waals surface area contributed by atoms with Crippen molar-refractivity contribution in [1.82, 2.24) is 15.1 Å². The first-order valence-corrected chi connectivity index (χ1v) is 9.41. The van der Waals surface area contributed by atoms with Crippen LogP contribution < -0.4 is 5.32 Å². The van der Waals surface area contributed by atoms with Crippen LogP contribution in [-0.2, 0) is 9.53 Å². The molecule has 0 radical (unpaired) electrons. The highest BCUT2D eigenvalue weighted by Gasteiger charge is 2.26. The van der Waals surface area contributed by atoms with E-state index in [0.717, 1.165) is 38.0 Å². The number of hydrogen-bond acceptors (Lipinski definition) is 4. The van der Waals surface area contributed by atoms with Gasteiger partial charge in [-0.3, -0.25) is 9.69 Å². The predicted octanol–water partition coefficient (Wildman–Crippen LogP) is 1.73. The summed E-state index contributed by atoms with van der Waals surface area (Å²) in [6.07, 6.45) is 7.51.